The first-order chi connectivity index (χ1) is 9.40. The first-order valence-corrected chi connectivity index (χ1v) is 7.93. The molecule has 1 fully saturated rings. The van der Waals surface area contributed by atoms with Crippen molar-refractivity contribution in [3.63, 3.8) is 0 Å². The lowest BCUT2D eigenvalue weighted by Crippen LogP contribution is -2.13. The van der Waals surface area contributed by atoms with Crippen LogP contribution in [0, 0.1) is 5.92 Å². The molecule has 1 saturated heterocycles. The summed E-state index contributed by atoms with van der Waals surface area (Å²) in [6.07, 6.45) is 5.16. The van der Waals surface area contributed by atoms with E-state index in [9.17, 15) is 0 Å². The third kappa shape index (κ3) is 3.53. The molecule has 1 aliphatic rings. The molecule has 0 aliphatic carbocycles. The molecule has 1 unspecified atom stereocenters. The van der Waals surface area contributed by atoms with Crippen LogP contribution in [0.5, 0.6) is 0 Å². The van der Waals surface area contributed by atoms with Gasteiger partial charge in [0.2, 0.25) is 0 Å². The third-order valence-corrected chi connectivity index (χ3v) is 4.71. The van der Waals surface area contributed by atoms with Crippen LogP contribution in [-0.4, -0.2) is 27.8 Å². The molecule has 0 radical (unpaired) electrons. The zero-order chi connectivity index (χ0) is 12.9. The number of benzene rings is 1. The highest BCUT2D eigenvalue weighted by atomic mass is 32.2. The van der Waals surface area contributed by atoms with E-state index in [-0.39, 0.29) is 0 Å². The highest BCUT2D eigenvalue weighted by Crippen LogP contribution is 2.23. The molecule has 1 aliphatic heterocycles. The summed E-state index contributed by atoms with van der Waals surface area (Å²) in [5.74, 6) is 3.48. The Balaban J connectivity index is 1.53. The van der Waals surface area contributed by atoms with Crippen molar-refractivity contribution in [3.8, 4) is 0 Å². The van der Waals surface area contributed by atoms with E-state index in [0.29, 0.717) is 0 Å². The predicted molar refractivity (Wildman–Crippen MR) is 81.7 cm³/mol. The minimum atomic E-state index is 0.840. The van der Waals surface area contributed by atoms with Gasteiger partial charge in [0, 0.05) is 24.6 Å². The maximum atomic E-state index is 4.22. The van der Waals surface area contributed by atoms with Crippen molar-refractivity contribution < 1.29 is 0 Å². The largest absolute Gasteiger partial charge is 0.385 e. The van der Waals surface area contributed by atoms with E-state index in [1.807, 2.05) is 23.1 Å². The van der Waals surface area contributed by atoms with Crippen molar-refractivity contribution in [1.29, 1.82) is 0 Å². The zero-order valence-corrected chi connectivity index (χ0v) is 11.8. The fourth-order valence-corrected chi connectivity index (χ4v) is 3.60. The van der Waals surface area contributed by atoms with Crippen molar-refractivity contribution in [2.24, 2.45) is 5.92 Å². The second kappa shape index (κ2) is 6.15. The third-order valence-electron chi connectivity index (χ3n) is 3.48. The van der Waals surface area contributed by atoms with E-state index in [1.54, 1.807) is 0 Å². The van der Waals surface area contributed by atoms with Crippen molar-refractivity contribution in [3.05, 3.63) is 48.3 Å². The first kappa shape index (κ1) is 12.6. The standard InChI is InChI=1S/C15H19N3S/c1-7-17-18(8-1)11-13-2-4-15(5-3-13)16-10-14-6-9-19-12-14/h1-5,7-8,14,16H,6,9-12H2. The van der Waals surface area contributed by atoms with Gasteiger partial charge in [-0.25, -0.2) is 0 Å². The Morgan fingerprint density at radius 1 is 1.32 bits per heavy atom. The lowest BCUT2D eigenvalue weighted by Gasteiger charge is -2.11. The maximum Gasteiger partial charge on any atom is 0.0659 e. The van der Waals surface area contributed by atoms with Crippen LogP contribution in [-0.2, 0) is 6.54 Å². The zero-order valence-electron chi connectivity index (χ0n) is 11.0. The van der Waals surface area contributed by atoms with E-state index < -0.39 is 0 Å². The predicted octanol–water partition coefficient (Wildman–Crippen LogP) is 3.10. The average Bonchev–Trinajstić information content (AvgIpc) is 3.11. The molecule has 1 aromatic heterocycles. The number of hydrogen-bond donors (Lipinski definition) is 1. The molecule has 0 saturated carbocycles. The number of hydrogen-bond acceptors (Lipinski definition) is 3. The molecule has 1 aromatic carbocycles. The first-order valence-electron chi connectivity index (χ1n) is 6.78. The van der Waals surface area contributed by atoms with Gasteiger partial charge in [-0.3, -0.25) is 4.68 Å². The van der Waals surface area contributed by atoms with Crippen LogP contribution in [0.15, 0.2) is 42.7 Å². The van der Waals surface area contributed by atoms with Gasteiger partial charge in [-0.05, 0) is 47.6 Å². The number of aromatic nitrogens is 2. The van der Waals surface area contributed by atoms with Crippen LogP contribution >= 0.6 is 11.8 Å². The summed E-state index contributed by atoms with van der Waals surface area (Å²) < 4.78 is 1.94. The molecule has 100 valence electrons. The molecule has 3 rings (SSSR count). The monoisotopic (exact) mass is 273 g/mol. The minimum absolute atomic E-state index is 0.840. The Labute approximate surface area is 118 Å². The summed E-state index contributed by atoms with van der Waals surface area (Å²) in [4.78, 5) is 0. The summed E-state index contributed by atoms with van der Waals surface area (Å²) in [6.45, 7) is 1.94. The molecule has 3 nitrogen and oxygen atoms in total. The van der Waals surface area contributed by atoms with Gasteiger partial charge in [-0.1, -0.05) is 12.1 Å². The summed E-state index contributed by atoms with van der Waals surface area (Å²) in [5, 5.41) is 7.76. The van der Waals surface area contributed by atoms with E-state index in [2.05, 4.69) is 46.4 Å². The minimum Gasteiger partial charge on any atom is -0.385 e. The van der Waals surface area contributed by atoms with Crippen molar-refractivity contribution in [1.82, 2.24) is 9.78 Å². The number of rotatable bonds is 5. The molecule has 4 heteroatoms. The molecule has 1 atom stereocenters. The second-order valence-corrected chi connectivity index (χ2v) is 6.16. The molecule has 0 spiro atoms. The van der Waals surface area contributed by atoms with Gasteiger partial charge in [0.05, 0.1) is 6.54 Å². The Hall–Kier alpha value is -1.42. The van der Waals surface area contributed by atoms with E-state index in [0.717, 1.165) is 19.0 Å². The Bertz CT molecular complexity index is 487. The fraction of sp³-hybridized carbons (Fsp3) is 0.400. The molecular weight excluding hydrogens is 254 g/mol. The Morgan fingerprint density at radius 2 is 2.21 bits per heavy atom. The van der Waals surface area contributed by atoms with E-state index >= 15 is 0 Å². The van der Waals surface area contributed by atoms with Crippen LogP contribution < -0.4 is 5.32 Å². The van der Waals surface area contributed by atoms with Crippen molar-refractivity contribution in [2.45, 2.75) is 13.0 Å². The molecule has 0 bridgehead atoms. The van der Waals surface area contributed by atoms with E-state index in [1.165, 1.54) is 29.2 Å². The smallest absolute Gasteiger partial charge is 0.0659 e. The number of nitrogens with zero attached hydrogens (tertiary/aromatic N) is 2. The molecular formula is C15H19N3S. The molecule has 2 heterocycles. The molecule has 1 N–H and O–H groups in total. The van der Waals surface area contributed by atoms with Crippen molar-refractivity contribution in [2.75, 3.05) is 23.4 Å². The maximum absolute atomic E-state index is 4.22. The van der Waals surface area contributed by atoms with Gasteiger partial charge in [-0.15, -0.1) is 0 Å². The highest BCUT2D eigenvalue weighted by Gasteiger charge is 2.14. The fourth-order valence-electron chi connectivity index (χ4n) is 2.32. The van der Waals surface area contributed by atoms with Gasteiger partial charge < -0.3 is 5.32 Å². The van der Waals surface area contributed by atoms with Crippen LogP contribution in [0.2, 0.25) is 0 Å². The highest BCUT2D eigenvalue weighted by molar-refractivity contribution is 7.99. The Kier molecular flexibility index (Phi) is 4.08. The normalized spacial score (nSPS) is 18.6. The number of nitrogens with one attached hydrogen (secondary N) is 1. The summed E-state index contributed by atoms with van der Waals surface area (Å²) in [6, 6.07) is 10.6. The lowest BCUT2D eigenvalue weighted by atomic mass is 10.1. The second-order valence-electron chi connectivity index (χ2n) is 5.01. The molecule has 0 amide bonds. The lowest BCUT2D eigenvalue weighted by molar-refractivity contribution is 0.632. The van der Waals surface area contributed by atoms with Crippen LogP contribution in [0.25, 0.3) is 0 Å². The SMILES string of the molecule is c1cnn(Cc2ccc(NCC3CCSC3)cc2)c1. The molecule has 19 heavy (non-hydrogen) atoms. The Morgan fingerprint density at radius 3 is 2.89 bits per heavy atom. The van der Waals surface area contributed by atoms with Gasteiger partial charge in [-0.2, -0.15) is 16.9 Å². The summed E-state index contributed by atoms with van der Waals surface area (Å²) in [7, 11) is 0. The number of thioether (sulfide) groups is 1. The molecule has 2 aromatic rings. The quantitative estimate of drug-likeness (QED) is 0.908. The summed E-state index contributed by atoms with van der Waals surface area (Å²) in [5.41, 5.74) is 2.51. The summed E-state index contributed by atoms with van der Waals surface area (Å²) >= 11 is 2.07. The van der Waals surface area contributed by atoms with Crippen LogP contribution in [0.4, 0.5) is 5.69 Å². The average molecular weight is 273 g/mol. The van der Waals surface area contributed by atoms with E-state index in [4.69, 9.17) is 0 Å². The van der Waals surface area contributed by atoms with Gasteiger partial charge in [0.1, 0.15) is 0 Å². The van der Waals surface area contributed by atoms with Gasteiger partial charge in [0.15, 0.2) is 0 Å². The van der Waals surface area contributed by atoms with Crippen molar-refractivity contribution >= 4 is 17.4 Å². The van der Waals surface area contributed by atoms with Gasteiger partial charge in [0.25, 0.3) is 0 Å². The van der Waals surface area contributed by atoms with Crippen LogP contribution in [0.1, 0.15) is 12.0 Å². The topological polar surface area (TPSA) is 29.9 Å². The van der Waals surface area contributed by atoms with Gasteiger partial charge >= 0.3 is 0 Å². The number of anilines is 1. The van der Waals surface area contributed by atoms with Crippen LogP contribution in [0.3, 0.4) is 0 Å².